The van der Waals surface area contributed by atoms with Gasteiger partial charge in [0, 0.05) is 0 Å². The number of carbonyl (C=O) groups is 1. The number of oxazole rings is 1. The number of nitrogens with zero attached hydrogens (tertiary/aromatic N) is 1. The van der Waals surface area contributed by atoms with Gasteiger partial charge in [-0.3, -0.25) is 5.32 Å². The van der Waals surface area contributed by atoms with Crippen LogP contribution in [-0.4, -0.2) is 28.8 Å². The maximum atomic E-state index is 11.1. The summed E-state index contributed by atoms with van der Waals surface area (Å²) < 4.78 is 4.64. The molecule has 0 aliphatic rings. The quantitative estimate of drug-likeness (QED) is 0.626. The van der Waals surface area contributed by atoms with Gasteiger partial charge in [0.2, 0.25) is 0 Å². The molecule has 6 nitrogen and oxygen atoms in total. The molecule has 0 saturated carbocycles. The molecule has 0 fully saturated rings. The first kappa shape index (κ1) is 9.53. The number of rotatable bonds is 3. The average Bonchev–Trinajstić information content (AvgIpc) is 2.56. The second kappa shape index (κ2) is 4.46. The minimum absolute atomic E-state index is 0.105. The highest BCUT2D eigenvalue weighted by atomic mass is 16.3. The summed E-state index contributed by atoms with van der Waals surface area (Å²) in [6.07, 6.45) is 2.52. The van der Waals surface area contributed by atoms with Gasteiger partial charge in [0.25, 0.3) is 0 Å². The van der Waals surface area contributed by atoms with E-state index in [-0.39, 0.29) is 12.6 Å². The summed E-state index contributed by atoms with van der Waals surface area (Å²) in [6.45, 7) is 1.58. The van der Waals surface area contributed by atoms with E-state index in [2.05, 4.69) is 20.0 Å². The van der Waals surface area contributed by atoms with Crippen LogP contribution in [0.4, 0.5) is 10.6 Å². The number of amides is 2. The van der Waals surface area contributed by atoms with Crippen LogP contribution >= 0.6 is 0 Å². The van der Waals surface area contributed by atoms with Crippen LogP contribution < -0.4 is 10.6 Å². The number of nitrogens with one attached hydrogen (secondary N) is 2. The molecule has 0 aromatic carbocycles. The van der Waals surface area contributed by atoms with Crippen molar-refractivity contribution in [2.24, 2.45) is 0 Å². The number of hydrogen-bond donors (Lipinski definition) is 3. The first-order chi connectivity index (χ1) is 6.22. The standard InChI is InChI=1S/C7H11N3O3/c1-5(2-11)9-7(12)10-6-3-13-4-8-6/h3-5,11H,2H2,1H3,(H2,9,10,12). The number of anilines is 1. The van der Waals surface area contributed by atoms with Gasteiger partial charge in [0.05, 0.1) is 12.6 Å². The molecule has 0 aliphatic heterocycles. The van der Waals surface area contributed by atoms with Gasteiger partial charge in [-0.05, 0) is 6.92 Å². The SMILES string of the molecule is CC(CO)NC(=O)Nc1cocn1. The molecule has 0 spiro atoms. The van der Waals surface area contributed by atoms with Crippen LogP contribution in [0.1, 0.15) is 6.92 Å². The Morgan fingerprint density at radius 3 is 3.15 bits per heavy atom. The van der Waals surface area contributed by atoms with E-state index in [1.54, 1.807) is 6.92 Å². The topological polar surface area (TPSA) is 87.4 Å². The summed E-state index contributed by atoms with van der Waals surface area (Å²) in [6, 6.07) is -0.706. The van der Waals surface area contributed by atoms with Crippen molar-refractivity contribution in [2.75, 3.05) is 11.9 Å². The second-order valence-corrected chi connectivity index (χ2v) is 2.56. The van der Waals surface area contributed by atoms with Crippen LogP contribution in [0, 0.1) is 0 Å². The average molecular weight is 185 g/mol. The third kappa shape index (κ3) is 3.12. The van der Waals surface area contributed by atoms with Crippen molar-refractivity contribution in [3.63, 3.8) is 0 Å². The Kier molecular flexibility index (Phi) is 3.27. The molecule has 6 heteroatoms. The number of aromatic nitrogens is 1. The molecule has 1 aromatic rings. The zero-order valence-electron chi connectivity index (χ0n) is 7.15. The molecule has 0 aliphatic carbocycles. The van der Waals surface area contributed by atoms with Gasteiger partial charge in [-0.2, -0.15) is 4.98 Å². The van der Waals surface area contributed by atoms with Crippen LogP contribution in [0.15, 0.2) is 17.1 Å². The summed E-state index contributed by atoms with van der Waals surface area (Å²) in [7, 11) is 0. The zero-order chi connectivity index (χ0) is 9.68. The van der Waals surface area contributed by atoms with Crippen molar-refractivity contribution in [3.05, 3.63) is 12.7 Å². The second-order valence-electron chi connectivity index (χ2n) is 2.56. The lowest BCUT2D eigenvalue weighted by molar-refractivity contribution is 0.229. The highest BCUT2D eigenvalue weighted by molar-refractivity contribution is 5.88. The summed E-state index contributed by atoms with van der Waals surface area (Å²) in [4.78, 5) is 14.8. The van der Waals surface area contributed by atoms with Gasteiger partial charge in [-0.1, -0.05) is 0 Å². The molecular weight excluding hydrogens is 174 g/mol. The van der Waals surface area contributed by atoms with Crippen LogP contribution in [0.3, 0.4) is 0 Å². The molecule has 13 heavy (non-hydrogen) atoms. The van der Waals surface area contributed by atoms with E-state index in [9.17, 15) is 4.79 Å². The summed E-state index contributed by atoms with van der Waals surface area (Å²) in [5.74, 6) is 0.336. The van der Waals surface area contributed by atoms with Crippen molar-refractivity contribution in [1.82, 2.24) is 10.3 Å². The number of aliphatic hydroxyl groups excluding tert-OH is 1. The lowest BCUT2D eigenvalue weighted by atomic mass is 10.4. The number of hydrogen-bond acceptors (Lipinski definition) is 4. The lowest BCUT2D eigenvalue weighted by Gasteiger charge is -2.09. The van der Waals surface area contributed by atoms with Crippen LogP contribution in [0.2, 0.25) is 0 Å². The highest BCUT2D eigenvalue weighted by Crippen LogP contribution is 1.99. The van der Waals surface area contributed by atoms with E-state index in [0.717, 1.165) is 0 Å². The van der Waals surface area contributed by atoms with Crippen LogP contribution in [-0.2, 0) is 0 Å². The highest BCUT2D eigenvalue weighted by Gasteiger charge is 2.06. The van der Waals surface area contributed by atoms with Crippen molar-refractivity contribution in [1.29, 1.82) is 0 Å². The molecule has 1 aromatic heterocycles. The van der Waals surface area contributed by atoms with E-state index in [4.69, 9.17) is 5.11 Å². The summed E-state index contributed by atoms with van der Waals surface area (Å²) in [5, 5.41) is 13.5. The smallest absolute Gasteiger partial charge is 0.320 e. The first-order valence-electron chi connectivity index (χ1n) is 3.79. The largest absolute Gasteiger partial charge is 0.449 e. The van der Waals surface area contributed by atoms with Crippen LogP contribution in [0.25, 0.3) is 0 Å². The van der Waals surface area contributed by atoms with Crippen molar-refractivity contribution >= 4 is 11.8 Å². The van der Waals surface area contributed by atoms with Gasteiger partial charge in [0.1, 0.15) is 6.26 Å². The van der Waals surface area contributed by atoms with E-state index < -0.39 is 6.03 Å². The molecule has 72 valence electrons. The molecule has 0 bridgehead atoms. The zero-order valence-corrected chi connectivity index (χ0v) is 7.15. The molecule has 1 unspecified atom stereocenters. The Morgan fingerprint density at radius 1 is 1.85 bits per heavy atom. The monoisotopic (exact) mass is 185 g/mol. The van der Waals surface area contributed by atoms with Crippen molar-refractivity contribution < 1.29 is 14.3 Å². The fourth-order valence-electron chi connectivity index (χ4n) is 0.696. The first-order valence-corrected chi connectivity index (χ1v) is 3.79. The number of carbonyl (C=O) groups excluding carboxylic acids is 1. The molecule has 1 rings (SSSR count). The molecule has 1 atom stereocenters. The summed E-state index contributed by atoms with van der Waals surface area (Å²) in [5.41, 5.74) is 0. The van der Waals surface area contributed by atoms with Crippen molar-refractivity contribution in [3.8, 4) is 0 Å². The molecule has 1 heterocycles. The molecule has 2 amide bonds. The predicted octanol–water partition coefficient (Wildman–Crippen LogP) is 0.177. The Balaban J connectivity index is 2.34. The maximum absolute atomic E-state index is 11.1. The van der Waals surface area contributed by atoms with E-state index in [0.29, 0.717) is 5.82 Å². The Morgan fingerprint density at radius 2 is 2.62 bits per heavy atom. The number of aliphatic hydroxyl groups is 1. The maximum Gasteiger partial charge on any atom is 0.320 e. The van der Waals surface area contributed by atoms with Crippen LogP contribution in [0.5, 0.6) is 0 Å². The summed E-state index contributed by atoms with van der Waals surface area (Å²) >= 11 is 0. The van der Waals surface area contributed by atoms with E-state index >= 15 is 0 Å². The molecule has 0 radical (unpaired) electrons. The van der Waals surface area contributed by atoms with Gasteiger partial charge < -0.3 is 14.8 Å². The molecular formula is C7H11N3O3. The molecule has 0 saturated heterocycles. The lowest BCUT2D eigenvalue weighted by Crippen LogP contribution is -2.38. The minimum Gasteiger partial charge on any atom is -0.449 e. The van der Waals surface area contributed by atoms with E-state index in [1.807, 2.05) is 0 Å². The van der Waals surface area contributed by atoms with Gasteiger partial charge >= 0.3 is 6.03 Å². The Labute approximate surface area is 75.0 Å². The Bertz CT molecular complexity index is 260. The predicted molar refractivity (Wildman–Crippen MR) is 45.2 cm³/mol. The van der Waals surface area contributed by atoms with Gasteiger partial charge in [0.15, 0.2) is 12.2 Å². The third-order valence-corrected chi connectivity index (χ3v) is 1.33. The van der Waals surface area contributed by atoms with E-state index in [1.165, 1.54) is 12.7 Å². The normalized spacial score (nSPS) is 12.2. The third-order valence-electron chi connectivity index (χ3n) is 1.33. The molecule has 3 N–H and O–H groups in total. The fraction of sp³-hybridized carbons (Fsp3) is 0.429. The van der Waals surface area contributed by atoms with Gasteiger partial charge in [-0.15, -0.1) is 0 Å². The minimum atomic E-state index is -0.421. The fourth-order valence-corrected chi connectivity index (χ4v) is 0.696. The van der Waals surface area contributed by atoms with Gasteiger partial charge in [-0.25, -0.2) is 4.79 Å². The van der Waals surface area contributed by atoms with Crippen molar-refractivity contribution in [2.45, 2.75) is 13.0 Å². The Hall–Kier alpha value is -1.56. The number of urea groups is 1.